The van der Waals surface area contributed by atoms with Gasteiger partial charge in [-0.25, -0.2) is 0 Å². The largest absolute Gasteiger partial charge is 0.487 e. The summed E-state index contributed by atoms with van der Waals surface area (Å²) in [6, 6.07) is 14.8. The van der Waals surface area contributed by atoms with Gasteiger partial charge in [0.1, 0.15) is 13.2 Å². The van der Waals surface area contributed by atoms with E-state index in [9.17, 15) is 4.91 Å². The molecule has 6 heteroatoms. The van der Waals surface area contributed by atoms with Gasteiger partial charge in [0.05, 0.1) is 12.7 Å². The highest BCUT2D eigenvalue weighted by molar-refractivity contribution is 5.48. The van der Waals surface area contributed by atoms with Crippen LogP contribution in [0.25, 0.3) is 0 Å². The molecule has 28 heavy (non-hydrogen) atoms. The van der Waals surface area contributed by atoms with Gasteiger partial charge in [-0.3, -0.25) is 0 Å². The molecule has 0 saturated carbocycles. The van der Waals surface area contributed by atoms with Gasteiger partial charge in [0.25, 0.3) is 5.69 Å². The summed E-state index contributed by atoms with van der Waals surface area (Å²) in [6.45, 7) is 9.31. The number of nitrogens with one attached hydrogen (secondary N) is 1. The van der Waals surface area contributed by atoms with Gasteiger partial charge in [0.2, 0.25) is 0 Å². The first-order valence-corrected chi connectivity index (χ1v) is 9.46. The van der Waals surface area contributed by atoms with Crippen LogP contribution in [-0.4, -0.2) is 34.5 Å². The molecule has 0 aromatic heterocycles. The van der Waals surface area contributed by atoms with Gasteiger partial charge in [0.15, 0.2) is 11.5 Å². The predicted octanol–water partition coefficient (Wildman–Crippen LogP) is 4.08. The Hall–Kier alpha value is -2.44. The Bertz CT molecular complexity index is 591. The van der Waals surface area contributed by atoms with Gasteiger partial charge in [-0.05, 0) is 11.6 Å². The second-order valence-corrected chi connectivity index (χ2v) is 4.79. The summed E-state index contributed by atoms with van der Waals surface area (Å²) in [5.74, 6) is 1.11. The van der Waals surface area contributed by atoms with Gasteiger partial charge in [-0.2, -0.15) is 0 Å². The molecule has 0 saturated heterocycles. The number of hydrogen-bond donors (Lipinski definition) is 1. The van der Waals surface area contributed by atoms with Crippen molar-refractivity contribution in [2.75, 3.05) is 34.5 Å². The molecule has 0 heterocycles. The topological polar surface area (TPSA) is 68.0 Å². The van der Waals surface area contributed by atoms with Crippen LogP contribution < -0.4 is 14.7 Å². The third kappa shape index (κ3) is 12.8. The van der Waals surface area contributed by atoms with Crippen molar-refractivity contribution >= 4 is 5.69 Å². The molecule has 158 valence electrons. The highest BCUT2D eigenvalue weighted by atomic mass is 16.5. The molecule has 2 aromatic carbocycles. The maximum absolute atomic E-state index is 10.8. The molecule has 2 aromatic rings. The lowest BCUT2D eigenvalue weighted by molar-refractivity contribution is -0.379. The van der Waals surface area contributed by atoms with E-state index in [-0.39, 0.29) is 0 Å². The number of nitroso groups, excluding NO2 is 1. The summed E-state index contributed by atoms with van der Waals surface area (Å²) in [6.07, 6.45) is 0. The van der Waals surface area contributed by atoms with E-state index < -0.39 is 0 Å². The summed E-state index contributed by atoms with van der Waals surface area (Å²) < 4.78 is 20.5. The molecule has 6 nitrogen and oxygen atoms in total. The molecule has 0 fully saturated rings. The Morgan fingerprint density at radius 2 is 1.39 bits per heavy atom. The van der Waals surface area contributed by atoms with Crippen molar-refractivity contribution in [2.24, 2.45) is 0 Å². The van der Waals surface area contributed by atoms with E-state index >= 15 is 0 Å². The van der Waals surface area contributed by atoms with Gasteiger partial charge in [-0.1, -0.05) is 58.0 Å². The van der Waals surface area contributed by atoms with E-state index in [4.69, 9.17) is 14.2 Å². The fraction of sp³-hybridized carbons (Fsp3) is 0.455. The van der Waals surface area contributed by atoms with Crippen LogP contribution in [0.4, 0.5) is 5.69 Å². The van der Waals surface area contributed by atoms with Crippen LogP contribution in [-0.2, 0) is 16.1 Å². The first kappa shape index (κ1) is 27.8. The van der Waals surface area contributed by atoms with E-state index in [0.29, 0.717) is 37.0 Å². The van der Waals surface area contributed by atoms with Crippen LogP contribution >= 0.6 is 0 Å². The minimum absolute atomic E-state index is 0.407. The molecule has 0 atom stereocenters. The Morgan fingerprint density at radius 1 is 0.786 bits per heavy atom. The molecule has 0 bridgehead atoms. The molecule has 0 aliphatic rings. The molecule has 0 aliphatic carbocycles. The Kier molecular flexibility index (Phi) is 20.7. The van der Waals surface area contributed by atoms with Crippen molar-refractivity contribution < 1.29 is 24.1 Å². The van der Waals surface area contributed by atoms with E-state index in [1.807, 2.05) is 63.2 Å². The molecule has 1 N–H and O–H groups in total. The molecule has 0 aliphatic heterocycles. The standard InChI is InChI=1S/C16H17NO4.C2H6O.2C2H6/c1-19-9-10-20-15-8-7-14(17-18)11-16(15)21-12-13-5-3-2-4-6-13;1-3-2;2*1-2/h2-8,11H,9-10,12H2,1H3;1-2H3;2*1-2H3/p+1. The molecule has 0 radical (unpaired) electrons. The minimum atomic E-state index is 0.407. The average Bonchev–Trinajstić information content (AvgIpc) is 2.77. The summed E-state index contributed by atoms with van der Waals surface area (Å²) >= 11 is 0. The monoisotopic (exact) mass is 394 g/mol. The smallest absolute Gasteiger partial charge is 0.257 e. The van der Waals surface area contributed by atoms with Crippen molar-refractivity contribution in [1.29, 1.82) is 0 Å². The van der Waals surface area contributed by atoms with E-state index in [1.54, 1.807) is 39.5 Å². The summed E-state index contributed by atoms with van der Waals surface area (Å²) in [7, 11) is 4.86. The lowest BCUT2D eigenvalue weighted by atomic mass is 10.2. The number of methoxy groups -OCH3 is 2. The Balaban J connectivity index is 0. The predicted molar refractivity (Wildman–Crippen MR) is 114 cm³/mol. The SMILES string of the molecule is CC.CC.COC.COCCOc1ccc([NH+]=O)cc1OCc1ccccc1. The molecule has 0 spiro atoms. The van der Waals surface area contributed by atoms with Crippen molar-refractivity contribution in [3.05, 3.63) is 59.0 Å². The molecular weight excluding hydrogens is 358 g/mol. The van der Waals surface area contributed by atoms with Crippen molar-refractivity contribution in [1.82, 2.24) is 0 Å². The van der Waals surface area contributed by atoms with Crippen LogP contribution in [0.2, 0.25) is 0 Å². The molecule has 0 amide bonds. The summed E-state index contributed by atoms with van der Waals surface area (Å²) in [5.41, 5.74) is 1.47. The number of benzene rings is 2. The van der Waals surface area contributed by atoms with Crippen molar-refractivity contribution in [3.63, 3.8) is 0 Å². The number of ether oxygens (including phenoxy) is 4. The van der Waals surface area contributed by atoms with Gasteiger partial charge in [0, 0.05) is 37.5 Å². The third-order valence-corrected chi connectivity index (χ3v) is 2.84. The normalized spacial score (nSPS) is 8.68. The molecule has 0 unspecified atom stereocenters. The average molecular weight is 395 g/mol. The van der Waals surface area contributed by atoms with Crippen LogP contribution in [0.3, 0.4) is 0 Å². The molecular formula is C22H36NO5+. The Morgan fingerprint density at radius 3 is 1.93 bits per heavy atom. The van der Waals surface area contributed by atoms with E-state index in [0.717, 1.165) is 5.56 Å². The van der Waals surface area contributed by atoms with Gasteiger partial charge in [-0.15, -0.1) is 0 Å². The zero-order valence-corrected chi connectivity index (χ0v) is 18.3. The number of rotatable bonds is 8. The fourth-order valence-corrected chi connectivity index (χ4v) is 1.77. The minimum Gasteiger partial charge on any atom is -0.487 e. The highest BCUT2D eigenvalue weighted by Crippen LogP contribution is 2.29. The van der Waals surface area contributed by atoms with Crippen LogP contribution in [0.5, 0.6) is 11.5 Å². The van der Waals surface area contributed by atoms with Gasteiger partial charge >= 0.3 is 0 Å². The van der Waals surface area contributed by atoms with Crippen LogP contribution in [0.15, 0.2) is 48.5 Å². The molecule has 2 rings (SSSR count). The summed E-state index contributed by atoms with van der Waals surface area (Å²) in [4.78, 5) is 10.8. The second-order valence-electron chi connectivity index (χ2n) is 4.79. The highest BCUT2D eigenvalue weighted by Gasteiger charge is 2.10. The zero-order valence-electron chi connectivity index (χ0n) is 18.3. The quantitative estimate of drug-likeness (QED) is 0.683. The maximum atomic E-state index is 10.8. The second kappa shape index (κ2) is 20.9. The van der Waals surface area contributed by atoms with E-state index in [2.05, 4.69) is 4.74 Å². The summed E-state index contributed by atoms with van der Waals surface area (Å²) in [5, 5.41) is 1.85. The number of hydrogen-bond acceptors (Lipinski definition) is 5. The van der Waals surface area contributed by atoms with Crippen LogP contribution in [0.1, 0.15) is 33.3 Å². The van der Waals surface area contributed by atoms with Crippen molar-refractivity contribution in [2.45, 2.75) is 34.3 Å². The first-order valence-electron chi connectivity index (χ1n) is 9.46. The zero-order chi connectivity index (χ0) is 21.6. The Labute approximate surface area is 169 Å². The van der Waals surface area contributed by atoms with Crippen molar-refractivity contribution in [3.8, 4) is 11.5 Å². The van der Waals surface area contributed by atoms with E-state index in [1.165, 1.54) is 0 Å². The fourth-order valence-electron chi connectivity index (χ4n) is 1.77. The van der Waals surface area contributed by atoms with Gasteiger partial charge < -0.3 is 18.9 Å². The third-order valence-electron chi connectivity index (χ3n) is 2.84. The maximum Gasteiger partial charge on any atom is 0.257 e. The lowest BCUT2D eigenvalue weighted by Crippen LogP contribution is -2.55. The first-order chi connectivity index (χ1) is 13.7. The lowest BCUT2D eigenvalue weighted by Gasteiger charge is -2.12. The van der Waals surface area contributed by atoms with Crippen LogP contribution in [0, 0.1) is 4.91 Å².